The van der Waals surface area contributed by atoms with Crippen LogP contribution in [-0.4, -0.2) is 57.9 Å². The average Bonchev–Trinajstić information content (AvgIpc) is 3.38. The molecule has 9 heteroatoms. The van der Waals surface area contributed by atoms with Crippen molar-refractivity contribution in [3.8, 4) is 10.7 Å². The second kappa shape index (κ2) is 7.88. The zero-order chi connectivity index (χ0) is 17.8. The minimum atomic E-state index is 0.133. The monoisotopic (exact) mass is 387 g/mol. The standard InChI is InChI=1S/C17H18N6OS2/c24-15(12-26-17-19-16(20-21-17)13-4-3-11-25-13)23-9-7-22(8-10-23)14-5-1-2-6-18-14/h1-6,11H,7-10,12H2,(H,19,20,21)/p+1. The summed E-state index contributed by atoms with van der Waals surface area (Å²) in [6, 6.07) is 10.0. The number of thiophene rings is 1. The van der Waals surface area contributed by atoms with Crippen LogP contribution in [0.25, 0.3) is 10.7 Å². The number of aromatic nitrogens is 4. The summed E-state index contributed by atoms with van der Waals surface area (Å²) in [5.41, 5.74) is 0. The Balaban J connectivity index is 1.27. The highest BCUT2D eigenvalue weighted by atomic mass is 32.2. The molecule has 7 nitrogen and oxygen atoms in total. The van der Waals surface area contributed by atoms with E-state index < -0.39 is 0 Å². The minimum Gasteiger partial charge on any atom is -0.334 e. The fourth-order valence-electron chi connectivity index (χ4n) is 2.83. The van der Waals surface area contributed by atoms with Crippen molar-refractivity contribution in [3.63, 3.8) is 0 Å². The van der Waals surface area contributed by atoms with E-state index in [2.05, 4.69) is 31.1 Å². The largest absolute Gasteiger partial charge is 0.334 e. The summed E-state index contributed by atoms with van der Waals surface area (Å²) in [7, 11) is 0. The lowest BCUT2D eigenvalue weighted by atomic mass is 10.3. The third-order valence-corrected chi connectivity index (χ3v) is 5.92. The number of H-pyrrole nitrogens is 2. The maximum absolute atomic E-state index is 12.5. The number of carbonyl (C=O) groups excluding carboxylic acids is 1. The molecule has 134 valence electrons. The molecule has 0 radical (unpaired) electrons. The highest BCUT2D eigenvalue weighted by Crippen LogP contribution is 2.23. The van der Waals surface area contributed by atoms with E-state index in [4.69, 9.17) is 0 Å². The van der Waals surface area contributed by atoms with Gasteiger partial charge in [0.25, 0.3) is 5.82 Å². The SMILES string of the molecule is O=C(CSc1n[nH]c(-c2cccs2)n1)N1CCN(c2cccc[nH+]2)CC1. The topological polar surface area (TPSA) is 79.3 Å². The summed E-state index contributed by atoms with van der Waals surface area (Å²) in [6.07, 6.45) is 1.92. The van der Waals surface area contributed by atoms with Crippen molar-refractivity contribution < 1.29 is 9.78 Å². The zero-order valence-electron chi connectivity index (χ0n) is 14.1. The van der Waals surface area contributed by atoms with Crippen LogP contribution in [0.15, 0.2) is 47.1 Å². The van der Waals surface area contributed by atoms with Crippen LogP contribution in [0.2, 0.25) is 0 Å². The molecule has 1 aliphatic heterocycles. The van der Waals surface area contributed by atoms with Crippen LogP contribution < -0.4 is 9.88 Å². The van der Waals surface area contributed by atoms with Gasteiger partial charge in [-0.3, -0.25) is 14.8 Å². The lowest BCUT2D eigenvalue weighted by Gasteiger charge is -2.30. The van der Waals surface area contributed by atoms with Gasteiger partial charge in [-0.05, 0) is 17.5 Å². The van der Waals surface area contributed by atoms with Crippen LogP contribution in [0.1, 0.15) is 0 Å². The minimum absolute atomic E-state index is 0.133. The maximum atomic E-state index is 12.5. The number of amides is 1. The molecule has 1 fully saturated rings. The Morgan fingerprint density at radius 1 is 1.23 bits per heavy atom. The molecule has 1 aliphatic rings. The summed E-state index contributed by atoms with van der Waals surface area (Å²) in [6.45, 7) is 3.13. The van der Waals surface area contributed by atoms with Gasteiger partial charge in [0.05, 0.1) is 29.9 Å². The third-order valence-electron chi connectivity index (χ3n) is 4.21. The molecule has 3 aromatic heterocycles. The summed E-state index contributed by atoms with van der Waals surface area (Å²) in [5, 5.41) is 9.73. The van der Waals surface area contributed by atoms with Crippen molar-refractivity contribution in [2.75, 3.05) is 36.8 Å². The molecule has 0 aliphatic carbocycles. The number of piperazine rings is 1. The van der Waals surface area contributed by atoms with Crippen molar-refractivity contribution in [2.45, 2.75) is 5.16 Å². The van der Waals surface area contributed by atoms with Crippen LogP contribution in [-0.2, 0) is 4.79 Å². The lowest BCUT2D eigenvalue weighted by molar-refractivity contribution is -0.364. The fraction of sp³-hybridized carbons (Fsp3) is 0.294. The van der Waals surface area contributed by atoms with E-state index in [1.807, 2.05) is 40.7 Å². The first kappa shape index (κ1) is 17.0. The van der Waals surface area contributed by atoms with Crippen molar-refractivity contribution in [2.24, 2.45) is 0 Å². The zero-order valence-corrected chi connectivity index (χ0v) is 15.7. The molecule has 1 amide bonds. The second-order valence-electron chi connectivity index (χ2n) is 5.85. The Bertz CT molecular complexity index is 843. The number of carbonyl (C=O) groups is 1. The van der Waals surface area contributed by atoms with Crippen molar-refractivity contribution in [1.82, 2.24) is 20.1 Å². The molecule has 3 aromatic rings. The smallest absolute Gasteiger partial charge is 0.274 e. The molecule has 4 rings (SSSR count). The van der Waals surface area contributed by atoms with Gasteiger partial charge in [0, 0.05) is 6.07 Å². The maximum Gasteiger partial charge on any atom is 0.274 e. The van der Waals surface area contributed by atoms with E-state index in [1.165, 1.54) is 11.8 Å². The Labute approximate surface area is 159 Å². The lowest BCUT2D eigenvalue weighted by Crippen LogP contribution is -2.50. The highest BCUT2D eigenvalue weighted by molar-refractivity contribution is 7.99. The molecular weight excluding hydrogens is 368 g/mol. The van der Waals surface area contributed by atoms with Crippen LogP contribution >= 0.6 is 23.1 Å². The van der Waals surface area contributed by atoms with E-state index >= 15 is 0 Å². The van der Waals surface area contributed by atoms with Crippen LogP contribution in [0.4, 0.5) is 5.82 Å². The number of aromatic amines is 2. The molecule has 0 saturated carbocycles. The molecule has 26 heavy (non-hydrogen) atoms. The first-order valence-corrected chi connectivity index (χ1v) is 10.2. The number of thioether (sulfide) groups is 1. The Morgan fingerprint density at radius 2 is 2.12 bits per heavy atom. The molecule has 0 atom stereocenters. The summed E-state index contributed by atoms with van der Waals surface area (Å²) in [4.78, 5) is 25.4. The van der Waals surface area contributed by atoms with Crippen molar-refractivity contribution >= 4 is 34.8 Å². The fourth-order valence-corrected chi connectivity index (χ4v) is 4.19. The normalized spacial score (nSPS) is 14.6. The van der Waals surface area contributed by atoms with Gasteiger partial charge < -0.3 is 4.90 Å². The molecular formula is C17H19N6OS2+. The number of hydrogen-bond acceptors (Lipinski definition) is 6. The molecule has 1 saturated heterocycles. The van der Waals surface area contributed by atoms with Gasteiger partial charge in [-0.25, -0.2) is 9.97 Å². The van der Waals surface area contributed by atoms with Gasteiger partial charge in [-0.1, -0.05) is 23.9 Å². The first-order chi connectivity index (χ1) is 12.8. The molecule has 0 bridgehead atoms. The van der Waals surface area contributed by atoms with Crippen LogP contribution in [0.3, 0.4) is 0 Å². The van der Waals surface area contributed by atoms with Crippen LogP contribution in [0, 0.1) is 0 Å². The average molecular weight is 388 g/mol. The Hall–Kier alpha value is -2.39. The molecule has 0 spiro atoms. The van der Waals surface area contributed by atoms with Gasteiger partial charge in [-0.15, -0.1) is 16.4 Å². The van der Waals surface area contributed by atoms with Crippen molar-refractivity contribution in [3.05, 3.63) is 41.9 Å². The number of pyridine rings is 1. The highest BCUT2D eigenvalue weighted by Gasteiger charge is 2.26. The van der Waals surface area contributed by atoms with Gasteiger partial charge in [-0.2, -0.15) is 0 Å². The van der Waals surface area contributed by atoms with E-state index in [0.29, 0.717) is 10.9 Å². The van der Waals surface area contributed by atoms with Crippen LogP contribution in [0.5, 0.6) is 0 Å². The Morgan fingerprint density at radius 3 is 2.85 bits per heavy atom. The van der Waals surface area contributed by atoms with E-state index in [1.54, 1.807) is 11.3 Å². The van der Waals surface area contributed by atoms with Gasteiger partial charge in [0.15, 0.2) is 5.82 Å². The van der Waals surface area contributed by atoms with Gasteiger partial charge in [0.2, 0.25) is 11.1 Å². The second-order valence-corrected chi connectivity index (χ2v) is 7.74. The number of nitrogens with zero attached hydrogens (tertiary/aromatic N) is 4. The number of anilines is 1. The molecule has 4 heterocycles. The van der Waals surface area contributed by atoms with E-state index in [-0.39, 0.29) is 5.91 Å². The molecule has 2 N–H and O–H groups in total. The summed E-state index contributed by atoms with van der Waals surface area (Å²) < 4.78 is 0. The van der Waals surface area contributed by atoms with E-state index in [0.717, 1.165) is 42.7 Å². The predicted octanol–water partition coefficient (Wildman–Crippen LogP) is 1.79. The van der Waals surface area contributed by atoms with Gasteiger partial charge >= 0.3 is 0 Å². The molecule has 0 aromatic carbocycles. The quantitative estimate of drug-likeness (QED) is 0.675. The van der Waals surface area contributed by atoms with Crippen molar-refractivity contribution in [1.29, 1.82) is 0 Å². The van der Waals surface area contributed by atoms with Gasteiger partial charge in [0.1, 0.15) is 13.1 Å². The molecule has 0 unspecified atom stereocenters. The summed E-state index contributed by atoms with van der Waals surface area (Å²) in [5.74, 6) is 2.34. The Kier molecular flexibility index (Phi) is 5.16. The first-order valence-electron chi connectivity index (χ1n) is 8.38. The number of hydrogen-bond donors (Lipinski definition) is 1. The summed E-state index contributed by atoms with van der Waals surface area (Å²) >= 11 is 2.99. The predicted molar refractivity (Wildman–Crippen MR) is 102 cm³/mol. The number of nitrogens with one attached hydrogen (secondary N) is 2. The third kappa shape index (κ3) is 3.88. The van der Waals surface area contributed by atoms with E-state index in [9.17, 15) is 4.79 Å². The number of rotatable bonds is 5.